The number of aromatic nitrogens is 3. The Labute approximate surface area is 173 Å². The highest BCUT2D eigenvalue weighted by molar-refractivity contribution is 14.0. The second-order valence-electron chi connectivity index (χ2n) is 6.13. The molecule has 2 rings (SSSR count). The van der Waals surface area contributed by atoms with Gasteiger partial charge in [0.25, 0.3) is 0 Å². The molecule has 1 atom stereocenters. The summed E-state index contributed by atoms with van der Waals surface area (Å²) in [4.78, 5) is 4.62. The largest absolute Gasteiger partial charge is 0.354 e. The molecule has 0 bridgehead atoms. The van der Waals surface area contributed by atoms with E-state index in [2.05, 4.69) is 63.6 Å². The number of nitrogens with zero attached hydrogens (tertiary/aromatic N) is 4. The van der Waals surface area contributed by atoms with E-state index in [9.17, 15) is 0 Å². The summed E-state index contributed by atoms with van der Waals surface area (Å²) in [5.41, 5.74) is 1.35. The van der Waals surface area contributed by atoms with Gasteiger partial charge in [-0.15, -0.1) is 40.8 Å². The molecule has 0 radical (unpaired) electrons. The zero-order valence-corrected chi connectivity index (χ0v) is 18.1. The van der Waals surface area contributed by atoms with E-state index >= 15 is 0 Å². The number of halogens is 1. The normalized spacial score (nSPS) is 12.2. The van der Waals surface area contributed by atoms with Crippen LogP contribution in [-0.4, -0.2) is 33.3 Å². The van der Waals surface area contributed by atoms with E-state index in [0.29, 0.717) is 19.1 Å². The van der Waals surface area contributed by atoms with Crippen molar-refractivity contribution in [3.8, 4) is 0 Å². The van der Waals surface area contributed by atoms with E-state index in [1.54, 1.807) is 0 Å². The third kappa shape index (κ3) is 7.15. The molecule has 0 amide bonds. The summed E-state index contributed by atoms with van der Waals surface area (Å²) < 4.78 is 1.95. The van der Waals surface area contributed by atoms with Crippen LogP contribution >= 0.6 is 24.0 Å². The second-order valence-corrected chi connectivity index (χ2v) is 6.13. The zero-order valence-electron chi connectivity index (χ0n) is 15.8. The van der Waals surface area contributed by atoms with Gasteiger partial charge in [-0.3, -0.25) is 0 Å². The van der Waals surface area contributed by atoms with Crippen molar-refractivity contribution in [1.82, 2.24) is 25.4 Å². The Hall–Kier alpha value is -1.90. The molecule has 0 aliphatic carbocycles. The first kappa shape index (κ1) is 22.1. The van der Waals surface area contributed by atoms with Crippen LogP contribution in [0.25, 0.3) is 0 Å². The quantitative estimate of drug-likeness (QED) is 0.271. The van der Waals surface area contributed by atoms with Gasteiger partial charge in [0.15, 0.2) is 11.8 Å². The van der Waals surface area contributed by atoms with Crippen molar-refractivity contribution in [3.63, 3.8) is 0 Å². The Kier molecular flexibility index (Phi) is 9.93. The summed E-state index contributed by atoms with van der Waals surface area (Å²) >= 11 is 0. The summed E-state index contributed by atoms with van der Waals surface area (Å²) in [5, 5.41) is 14.9. The predicted molar refractivity (Wildman–Crippen MR) is 118 cm³/mol. The third-order valence-electron chi connectivity index (χ3n) is 4.07. The standard InChI is InChI=1S/C19H28N6.HI/c1-5-13-20-19(21-14-18-24-23-16(3)25(18)4)22-15(2)11-12-17-9-7-6-8-10-17;/h5-10,15H,1,11-14H2,2-4H3,(H2,20,21,22);1H. The van der Waals surface area contributed by atoms with Crippen molar-refractivity contribution in [3.05, 3.63) is 60.2 Å². The van der Waals surface area contributed by atoms with Gasteiger partial charge in [-0.05, 0) is 32.3 Å². The van der Waals surface area contributed by atoms with Gasteiger partial charge < -0.3 is 15.2 Å². The van der Waals surface area contributed by atoms with E-state index in [-0.39, 0.29) is 24.0 Å². The fourth-order valence-corrected chi connectivity index (χ4v) is 2.39. The minimum Gasteiger partial charge on any atom is -0.354 e. The summed E-state index contributed by atoms with van der Waals surface area (Å²) in [7, 11) is 1.95. The van der Waals surface area contributed by atoms with Crippen LogP contribution in [0.5, 0.6) is 0 Å². The number of aliphatic imine (C=N–C) groups is 1. The monoisotopic (exact) mass is 468 g/mol. The van der Waals surface area contributed by atoms with Crippen molar-refractivity contribution < 1.29 is 0 Å². The Morgan fingerprint density at radius 1 is 1.31 bits per heavy atom. The van der Waals surface area contributed by atoms with Crippen molar-refractivity contribution in [2.24, 2.45) is 12.0 Å². The van der Waals surface area contributed by atoms with Crippen LogP contribution in [0.2, 0.25) is 0 Å². The van der Waals surface area contributed by atoms with Crippen molar-refractivity contribution in [2.45, 2.75) is 39.3 Å². The Morgan fingerprint density at radius 2 is 2.04 bits per heavy atom. The molecule has 0 fully saturated rings. The molecule has 0 aliphatic rings. The maximum Gasteiger partial charge on any atom is 0.192 e. The lowest BCUT2D eigenvalue weighted by Crippen LogP contribution is -2.42. The predicted octanol–water partition coefficient (Wildman–Crippen LogP) is 2.98. The minimum absolute atomic E-state index is 0. The van der Waals surface area contributed by atoms with E-state index in [4.69, 9.17) is 0 Å². The number of hydrogen-bond donors (Lipinski definition) is 2. The summed E-state index contributed by atoms with van der Waals surface area (Å²) in [6.07, 6.45) is 3.88. The molecule has 2 N–H and O–H groups in total. The van der Waals surface area contributed by atoms with Crippen molar-refractivity contribution in [2.75, 3.05) is 6.54 Å². The minimum atomic E-state index is 0. The van der Waals surface area contributed by atoms with Gasteiger partial charge in [-0.2, -0.15) is 0 Å². The highest BCUT2D eigenvalue weighted by Crippen LogP contribution is 2.05. The molecule has 142 valence electrons. The maximum absolute atomic E-state index is 4.62. The van der Waals surface area contributed by atoms with Crippen LogP contribution in [0.1, 0.15) is 30.6 Å². The summed E-state index contributed by atoms with van der Waals surface area (Å²) in [6.45, 7) is 8.99. The number of nitrogens with one attached hydrogen (secondary N) is 2. The van der Waals surface area contributed by atoms with Crippen LogP contribution in [0.3, 0.4) is 0 Å². The van der Waals surface area contributed by atoms with E-state index in [0.717, 1.165) is 30.5 Å². The van der Waals surface area contributed by atoms with Gasteiger partial charge in [-0.25, -0.2) is 4.99 Å². The molecule has 1 aromatic carbocycles. The molecule has 1 heterocycles. The van der Waals surface area contributed by atoms with Gasteiger partial charge in [0.2, 0.25) is 0 Å². The molecule has 0 aliphatic heterocycles. The molecule has 2 aromatic rings. The number of rotatable bonds is 8. The fourth-order valence-electron chi connectivity index (χ4n) is 2.39. The number of aryl methyl sites for hydroxylation is 2. The molecule has 26 heavy (non-hydrogen) atoms. The van der Waals surface area contributed by atoms with Gasteiger partial charge in [0.1, 0.15) is 12.4 Å². The van der Waals surface area contributed by atoms with Gasteiger partial charge in [0.05, 0.1) is 0 Å². The van der Waals surface area contributed by atoms with Crippen LogP contribution in [0.15, 0.2) is 48.0 Å². The summed E-state index contributed by atoms with van der Waals surface area (Å²) in [5.74, 6) is 2.49. The van der Waals surface area contributed by atoms with Crippen molar-refractivity contribution >= 4 is 29.9 Å². The summed E-state index contributed by atoms with van der Waals surface area (Å²) in [6, 6.07) is 10.8. The average molecular weight is 468 g/mol. The lowest BCUT2D eigenvalue weighted by atomic mass is 10.1. The molecular weight excluding hydrogens is 439 g/mol. The van der Waals surface area contributed by atoms with E-state index < -0.39 is 0 Å². The number of guanidine groups is 1. The lowest BCUT2D eigenvalue weighted by Gasteiger charge is -2.18. The first-order valence-corrected chi connectivity index (χ1v) is 8.64. The van der Waals surface area contributed by atoms with Crippen molar-refractivity contribution in [1.29, 1.82) is 0 Å². The van der Waals surface area contributed by atoms with Crippen LogP contribution in [0, 0.1) is 6.92 Å². The molecule has 1 unspecified atom stereocenters. The average Bonchev–Trinajstić information content (AvgIpc) is 2.95. The molecule has 0 saturated carbocycles. The first-order valence-electron chi connectivity index (χ1n) is 8.64. The Balaban J connectivity index is 0.00000338. The molecule has 6 nitrogen and oxygen atoms in total. The van der Waals surface area contributed by atoms with Crippen LogP contribution < -0.4 is 10.6 Å². The lowest BCUT2D eigenvalue weighted by molar-refractivity contribution is 0.593. The molecule has 0 saturated heterocycles. The smallest absolute Gasteiger partial charge is 0.192 e. The third-order valence-corrected chi connectivity index (χ3v) is 4.07. The molecule has 0 spiro atoms. The molecule has 7 heteroatoms. The topological polar surface area (TPSA) is 67.1 Å². The molecular formula is C19H29IN6. The zero-order chi connectivity index (χ0) is 18.1. The maximum atomic E-state index is 4.62. The van der Waals surface area contributed by atoms with E-state index in [1.165, 1.54) is 5.56 Å². The Morgan fingerprint density at radius 3 is 2.65 bits per heavy atom. The number of hydrogen-bond acceptors (Lipinski definition) is 3. The molecule has 1 aromatic heterocycles. The van der Waals surface area contributed by atoms with E-state index in [1.807, 2.05) is 30.7 Å². The Bertz CT molecular complexity index is 695. The fraction of sp³-hybridized carbons (Fsp3) is 0.421. The van der Waals surface area contributed by atoms with Gasteiger partial charge >= 0.3 is 0 Å². The highest BCUT2D eigenvalue weighted by Gasteiger charge is 2.08. The van der Waals surface area contributed by atoms with Gasteiger partial charge in [0, 0.05) is 19.6 Å². The highest BCUT2D eigenvalue weighted by atomic mass is 127. The number of benzene rings is 1. The van der Waals surface area contributed by atoms with Crippen LogP contribution in [-0.2, 0) is 20.0 Å². The second kappa shape index (κ2) is 11.7. The SMILES string of the molecule is C=CCNC(=NCc1nnc(C)n1C)NC(C)CCc1ccccc1.I. The first-order chi connectivity index (χ1) is 12.1. The van der Waals surface area contributed by atoms with Crippen LogP contribution in [0.4, 0.5) is 0 Å². The van der Waals surface area contributed by atoms with Gasteiger partial charge in [-0.1, -0.05) is 36.4 Å².